The Morgan fingerprint density at radius 1 is 1.37 bits per heavy atom. The van der Waals surface area contributed by atoms with Crippen LogP contribution in [0, 0.1) is 11.3 Å². The molecule has 3 nitrogen and oxygen atoms in total. The molecule has 0 amide bonds. The highest BCUT2D eigenvalue weighted by molar-refractivity contribution is 5.96. The smallest absolute Gasteiger partial charge is 0.162 e. The van der Waals surface area contributed by atoms with Crippen LogP contribution in [0.2, 0.25) is 0 Å². The maximum Gasteiger partial charge on any atom is 0.162 e. The third-order valence-corrected chi connectivity index (χ3v) is 4.28. The van der Waals surface area contributed by atoms with Crippen molar-refractivity contribution in [3.05, 3.63) is 23.8 Å². The first kappa shape index (κ1) is 14.5. The minimum absolute atomic E-state index is 0.0357. The lowest BCUT2D eigenvalue weighted by Crippen LogP contribution is -2.45. The number of ether oxygens (including phenoxy) is 2. The van der Waals surface area contributed by atoms with E-state index < -0.39 is 5.79 Å². The van der Waals surface area contributed by atoms with Gasteiger partial charge in [-0.1, -0.05) is 25.2 Å². The molecule has 1 saturated carbocycles. The zero-order valence-corrected chi connectivity index (χ0v) is 12.4. The van der Waals surface area contributed by atoms with Crippen LogP contribution >= 0.6 is 0 Å². The first-order valence-electron chi connectivity index (χ1n) is 6.93. The molecule has 0 N–H and O–H groups in total. The van der Waals surface area contributed by atoms with Crippen molar-refractivity contribution in [3.63, 3.8) is 0 Å². The van der Waals surface area contributed by atoms with E-state index in [2.05, 4.69) is 13.5 Å². The van der Waals surface area contributed by atoms with Crippen LogP contribution in [-0.4, -0.2) is 24.8 Å². The van der Waals surface area contributed by atoms with Crippen LogP contribution in [0.1, 0.15) is 40.5 Å². The molecule has 106 valence electrons. The zero-order chi connectivity index (χ0) is 14.3. The predicted octanol–water partition coefficient (Wildman–Crippen LogP) is 3.26. The van der Waals surface area contributed by atoms with Crippen LogP contribution < -0.4 is 0 Å². The average molecular weight is 264 g/mol. The largest absolute Gasteiger partial charge is 0.350 e. The SMILES string of the molecule is C=C/C(C(C)=O)=C1\CC2(COC(C)(C)OC2)CC1C. The summed E-state index contributed by atoms with van der Waals surface area (Å²) in [6.45, 7) is 12.9. The van der Waals surface area contributed by atoms with E-state index in [4.69, 9.17) is 9.47 Å². The summed E-state index contributed by atoms with van der Waals surface area (Å²) in [7, 11) is 0. The van der Waals surface area contributed by atoms with E-state index in [9.17, 15) is 4.79 Å². The number of hydrogen-bond acceptors (Lipinski definition) is 3. The van der Waals surface area contributed by atoms with Crippen LogP contribution in [0.5, 0.6) is 0 Å². The lowest BCUT2D eigenvalue weighted by atomic mass is 9.86. The number of allylic oxidation sites excluding steroid dienone is 3. The summed E-state index contributed by atoms with van der Waals surface area (Å²) < 4.78 is 11.6. The van der Waals surface area contributed by atoms with E-state index in [1.54, 1.807) is 13.0 Å². The molecule has 3 heteroatoms. The highest BCUT2D eigenvalue weighted by Crippen LogP contribution is 2.49. The van der Waals surface area contributed by atoms with Gasteiger partial charge in [0.15, 0.2) is 11.6 Å². The maximum atomic E-state index is 11.7. The van der Waals surface area contributed by atoms with Crippen molar-refractivity contribution in [1.29, 1.82) is 0 Å². The van der Waals surface area contributed by atoms with Gasteiger partial charge in [0.25, 0.3) is 0 Å². The van der Waals surface area contributed by atoms with Crippen molar-refractivity contribution in [3.8, 4) is 0 Å². The molecule has 2 aliphatic rings. The van der Waals surface area contributed by atoms with E-state index in [1.807, 2.05) is 13.8 Å². The zero-order valence-electron chi connectivity index (χ0n) is 12.4. The Hall–Kier alpha value is -0.930. The van der Waals surface area contributed by atoms with Gasteiger partial charge in [0.05, 0.1) is 13.2 Å². The summed E-state index contributed by atoms with van der Waals surface area (Å²) in [4.78, 5) is 11.7. The van der Waals surface area contributed by atoms with Gasteiger partial charge in [-0.25, -0.2) is 0 Å². The third-order valence-electron chi connectivity index (χ3n) is 4.28. The summed E-state index contributed by atoms with van der Waals surface area (Å²) in [5.74, 6) is 0.0141. The molecule has 1 spiro atoms. The molecule has 19 heavy (non-hydrogen) atoms. The minimum Gasteiger partial charge on any atom is -0.350 e. The Morgan fingerprint density at radius 3 is 2.42 bits per heavy atom. The molecule has 2 rings (SSSR count). The lowest BCUT2D eigenvalue weighted by molar-refractivity contribution is -0.284. The fourth-order valence-corrected chi connectivity index (χ4v) is 3.24. The van der Waals surface area contributed by atoms with Crippen LogP contribution in [0.15, 0.2) is 23.8 Å². The Labute approximate surface area is 115 Å². The molecule has 1 saturated heterocycles. The Morgan fingerprint density at radius 2 is 1.95 bits per heavy atom. The molecule has 0 radical (unpaired) electrons. The quantitative estimate of drug-likeness (QED) is 0.718. The molecular formula is C16H24O3. The highest BCUT2D eigenvalue weighted by atomic mass is 16.7. The minimum atomic E-state index is -0.483. The molecule has 1 unspecified atom stereocenters. The van der Waals surface area contributed by atoms with Crippen molar-refractivity contribution in [1.82, 2.24) is 0 Å². The standard InChI is InChI=1S/C16H24O3/c1-6-13(12(3)17)14-8-16(7-11(14)2)9-18-15(4,5)19-10-16/h6,11H,1,7-10H2,2-5H3/b14-13-. The summed E-state index contributed by atoms with van der Waals surface area (Å²) in [5.41, 5.74) is 2.04. The van der Waals surface area contributed by atoms with Gasteiger partial charge in [-0.3, -0.25) is 4.79 Å². The van der Waals surface area contributed by atoms with Gasteiger partial charge in [0.2, 0.25) is 0 Å². The Bertz CT molecular complexity index is 421. The van der Waals surface area contributed by atoms with E-state index in [0.29, 0.717) is 19.1 Å². The van der Waals surface area contributed by atoms with Crippen LogP contribution in [0.25, 0.3) is 0 Å². The summed E-state index contributed by atoms with van der Waals surface area (Å²) >= 11 is 0. The summed E-state index contributed by atoms with van der Waals surface area (Å²) in [5, 5.41) is 0. The van der Waals surface area contributed by atoms with E-state index >= 15 is 0 Å². The number of Topliss-reactive ketones (excluding diaryl/α,β-unsaturated/α-hetero) is 1. The molecule has 1 aliphatic carbocycles. The van der Waals surface area contributed by atoms with Crippen molar-refractivity contribution in [2.45, 2.75) is 46.3 Å². The van der Waals surface area contributed by atoms with Crippen LogP contribution in [0.3, 0.4) is 0 Å². The van der Waals surface area contributed by atoms with Crippen molar-refractivity contribution in [2.24, 2.45) is 11.3 Å². The van der Waals surface area contributed by atoms with Crippen LogP contribution in [-0.2, 0) is 14.3 Å². The molecule has 0 aromatic carbocycles. The number of hydrogen-bond donors (Lipinski definition) is 0. The van der Waals surface area contributed by atoms with E-state index in [-0.39, 0.29) is 11.2 Å². The molecule has 1 heterocycles. The molecule has 0 bridgehead atoms. The van der Waals surface area contributed by atoms with E-state index in [1.165, 1.54) is 5.57 Å². The summed E-state index contributed by atoms with van der Waals surface area (Å²) in [6, 6.07) is 0. The molecule has 1 aliphatic heterocycles. The summed E-state index contributed by atoms with van der Waals surface area (Å²) in [6.07, 6.45) is 3.59. The van der Waals surface area contributed by atoms with Crippen LogP contribution in [0.4, 0.5) is 0 Å². The Kier molecular flexibility index (Phi) is 3.72. The number of carbonyl (C=O) groups excluding carboxylic acids is 1. The maximum absolute atomic E-state index is 11.7. The normalized spacial score (nSPS) is 31.3. The molecule has 2 fully saturated rings. The highest BCUT2D eigenvalue weighted by Gasteiger charge is 2.46. The fourth-order valence-electron chi connectivity index (χ4n) is 3.24. The fraction of sp³-hybridized carbons (Fsp3) is 0.688. The topological polar surface area (TPSA) is 35.5 Å². The van der Waals surface area contributed by atoms with Crippen molar-refractivity contribution in [2.75, 3.05) is 13.2 Å². The van der Waals surface area contributed by atoms with Gasteiger partial charge in [-0.05, 0) is 39.5 Å². The number of ketones is 1. The molecule has 0 aromatic rings. The molecule has 0 aromatic heterocycles. The number of carbonyl (C=O) groups is 1. The molecular weight excluding hydrogens is 240 g/mol. The van der Waals surface area contributed by atoms with Crippen molar-refractivity contribution >= 4 is 5.78 Å². The second kappa shape index (κ2) is 4.88. The molecule has 1 atom stereocenters. The second-order valence-electron chi connectivity index (χ2n) is 6.46. The monoisotopic (exact) mass is 264 g/mol. The van der Waals surface area contributed by atoms with Gasteiger partial charge >= 0.3 is 0 Å². The first-order valence-corrected chi connectivity index (χ1v) is 6.93. The van der Waals surface area contributed by atoms with Crippen molar-refractivity contribution < 1.29 is 14.3 Å². The lowest BCUT2D eigenvalue weighted by Gasteiger charge is -2.41. The average Bonchev–Trinajstić information content (AvgIpc) is 2.63. The van der Waals surface area contributed by atoms with Gasteiger partial charge in [0.1, 0.15) is 0 Å². The third kappa shape index (κ3) is 2.82. The van der Waals surface area contributed by atoms with Gasteiger partial charge in [-0.2, -0.15) is 0 Å². The van der Waals surface area contributed by atoms with Gasteiger partial charge in [-0.15, -0.1) is 0 Å². The predicted molar refractivity (Wildman–Crippen MR) is 74.7 cm³/mol. The number of rotatable bonds is 2. The first-order chi connectivity index (χ1) is 8.79. The second-order valence-corrected chi connectivity index (χ2v) is 6.46. The van der Waals surface area contributed by atoms with Gasteiger partial charge in [0, 0.05) is 11.0 Å². The Balaban J connectivity index is 2.22. The van der Waals surface area contributed by atoms with Gasteiger partial charge < -0.3 is 9.47 Å². The van der Waals surface area contributed by atoms with E-state index in [0.717, 1.165) is 18.4 Å².